The lowest BCUT2D eigenvalue weighted by atomic mass is 10.0. The van der Waals surface area contributed by atoms with Crippen molar-refractivity contribution in [3.05, 3.63) is 36.0 Å². The minimum Gasteiger partial charge on any atom is -0.467 e. The maximum Gasteiger partial charge on any atom is 0.328 e. The summed E-state index contributed by atoms with van der Waals surface area (Å²) in [5, 5.41) is 22.5. The molecule has 1 atom stereocenters. The number of fused-ring (bicyclic) bond motifs is 1. The molecule has 0 spiro atoms. The highest BCUT2D eigenvalue weighted by molar-refractivity contribution is 6.39. The molecular weight excluding hydrogens is 372 g/mol. The van der Waals surface area contributed by atoms with Crippen LogP contribution in [-0.2, 0) is 20.7 Å². The molecule has 1 amide bonds. The van der Waals surface area contributed by atoms with Crippen molar-refractivity contribution in [1.29, 1.82) is 5.26 Å². The summed E-state index contributed by atoms with van der Waals surface area (Å²) in [5.41, 5.74) is 1.71. The van der Waals surface area contributed by atoms with Crippen molar-refractivity contribution in [2.45, 2.75) is 39.2 Å². The van der Waals surface area contributed by atoms with Gasteiger partial charge in [0.15, 0.2) is 0 Å². The van der Waals surface area contributed by atoms with E-state index < -0.39 is 17.9 Å². The smallest absolute Gasteiger partial charge is 0.328 e. The van der Waals surface area contributed by atoms with Gasteiger partial charge in [-0.1, -0.05) is 37.2 Å². The van der Waals surface area contributed by atoms with Crippen LogP contribution in [0.4, 0.5) is 0 Å². The number of methoxy groups -OCH3 is 1. The van der Waals surface area contributed by atoms with Crippen LogP contribution in [-0.4, -0.2) is 52.4 Å². The van der Waals surface area contributed by atoms with E-state index >= 15 is 0 Å². The number of nitrogens with one attached hydrogen (secondary N) is 1. The summed E-state index contributed by atoms with van der Waals surface area (Å²) in [4.78, 5) is 30.1. The number of nitriles is 1. The summed E-state index contributed by atoms with van der Waals surface area (Å²) in [6, 6.07) is 8.68. The van der Waals surface area contributed by atoms with E-state index in [4.69, 9.17) is 10.00 Å². The van der Waals surface area contributed by atoms with Crippen LogP contribution in [0.3, 0.4) is 0 Å². The summed E-state index contributed by atoms with van der Waals surface area (Å²) >= 11 is 0. The number of hydrogen-bond donors (Lipinski definition) is 2. The van der Waals surface area contributed by atoms with E-state index in [1.54, 1.807) is 6.20 Å². The number of H-pyrrole nitrogens is 1. The third kappa shape index (κ3) is 5.35. The molecule has 8 nitrogen and oxygen atoms in total. The first kappa shape index (κ1) is 22.0. The van der Waals surface area contributed by atoms with Gasteiger partial charge in [0.1, 0.15) is 11.8 Å². The van der Waals surface area contributed by atoms with Crippen LogP contribution in [0.2, 0.25) is 0 Å². The number of esters is 1. The van der Waals surface area contributed by atoms with Crippen LogP contribution in [0.15, 0.2) is 35.6 Å². The van der Waals surface area contributed by atoms with Gasteiger partial charge in [0.25, 0.3) is 5.91 Å². The molecular formula is C21H26N4O4. The van der Waals surface area contributed by atoms with Gasteiger partial charge >= 0.3 is 5.97 Å². The first-order valence-electron chi connectivity index (χ1n) is 9.44. The van der Waals surface area contributed by atoms with Gasteiger partial charge in [0, 0.05) is 36.5 Å². The van der Waals surface area contributed by atoms with Gasteiger partial charge in [-0.05, 0) is 17.5 Å². The Balaban J connectivity index is 2.42. The van der Waals surface area contributed by atoms with E-state index in [0.29, 0.717) is 0 Å². The molecule has 0 bridgehead atoms. The second kappa shape index (κ2) is 10.3. The van der Waals surface area contributed by atoms with Crippen LogP contribution >= 0.6 is 0 Å². The Hall–Kier alpha value is -3.34. The number of amides is 1. The Morgan fingerprint density at radius 2 is 2.07 bits per heavy atom. The summed E-state index contributed by atoms with van der Waals surface area (Å²) in [5.74, 6) is -1.09. The van der Waals surface area contributed by atoms with E-state index in [-0.39, 0.29) is 37.4 Å². The zero-order valence-corrected chi connectivity index (χ0v) is 16.9. The molecule has 0 aliphatic carbocycles. The maximum atomic E-state index is 13.1. The Kier molecular flexibility index (Phi) is 7.78. The van der Waals surface area contributed by atoms with Crippen LogP contribution in [0, 0.1) is 17.2 Å². The highest BCUT2D eigenvalue weighted by atomic mass is 16.5. The van der Waals surface area contributed by atoms with Crippen molar-refractivity contribution < 1.29 is 19.5 Å². The molecule has 1 aromatic carbocycles. The van der Waals surface area contributed by atoms with E-state index in [1.807, 2.05) is 44.2 Å². The summed E-state index contributed by atoms with van der Waals surface area (Å²) in [6.45, 7) is 3.80. The molecule has 0 radical (unpaired) electrons. The zero-order chi connectivity index (χ0) is 21.4. The molecule has 2 rings (SSSR count). The number of aromatic nitrogens is 1. The largest absolute Gasteiger partial charge is 0.467 e. The molecule has 2 N–H and O–H groups in total. The predicted molar refractivity (Wildman–Crippen MR) is 108 cm³/mol. The Morgan fingerprint density at radius 3 is 2.69 bits per heavy atom. The Morgan fingerprint density at radius 1 is 1.34 bits per heavy atom. The zero-order valence-electron chi connectivity index (χ0n) is 16.9. The number of para-hydroxylation sites is 1. The van der Waals surface area contributed by atoms with E-state index in [2.05, 4.69) is 10.1 Å². The van der Waals surface area contributed by atoms with Crippen LogP contribution in [0.1, 0.15) is 32.3 Å². The summed E-state index contributed by atoms with van der Waals surface area (Å²) in [7, 11) is 1.26. The van der Waals surface area contributed by atoms with Gasteiger partial charge in [-0.25, -0.2) is 4.79 Å². The average Bonchev–Trinajstić information content (AvgIpc) is 3.13. The molecule has 0 aliphatic rings. The lowest BCUT2D eigenvalue weighted by molar-refractivity contribution is -0.150. The van der Waals surface area contributed by atoms with Gasteiger partial charge in [0.05, 0.1) is 19.6 Å². The van der Waals surface area contributed by atoms with Crippen molar-refractivity contribution in [1.82, 2.24) is 9.88 Å². The Labute approximate surface area is 169 Å². The molecule has 0 fully saturated rings. The van der Waals surface area contributed by atoms with E-state index in [9.17, 15) is 14.8 Å². The van der Waals surface area contributed by atoms with Gasteiger partial charge in [-0.3, -0.25) is 4.79 Å². The molecule has 8 heteroatoms. The molecule has 2 aromatic rings. The van der Waals surface area contributed by atoms with Crippen molar-refractivity contribution in [3.63, 3.8) is 0 Å². The lowest BCUT2D eigenvalue weighted by Gasteiger charge is -2.29. The number of ether oxygens (including phenoxy) is 1. The normalized spacial score (nSPS) is 12.6. The second-order valence-electron chi connectivity index (χ2n) is 7.15. The molecule has 0 aliphatic heterocycles. The Bertz CT molecular complexity index is 926. The highest BCUT2D eigenvalue weighted by Gasteiger charge is 2.34. The number of aromatic amines is 1. The number of oxime groups is 1. The quantitative estimate of drug-likeness (QED) is 0.291. The van der Waals surface area contributed by atoms with E-state index in [1.165, 1.54) is 12.0 Å². The van der Waals surface area contributed by atoms with Gasteiger partial charge in [-0.2, -0.15) is 5.26 Å². The van der Waals surface area contributed by atoms with Crippen molar-refractivity contribution in [3.8, 4) is 6.07 Å². The van der Waals surface area contributed by atoms with E-state index in [0.717, 1.165) is 16.5 Å². The molecule has 154 valence electrons. The fourth-order valence-corrected chi connectivity index (χ4v) is 3.26. The minimum absolute atomic E-state index is 0.0224. The van der Waals surface area contributed by atoms with Gasteiger partial charge < -0.3 is 19.8 Å². The average molecular weight is 398 g/mol. The first-order chi connectivity index (χ1) is 13.9. The number of nitrogens with zero attached hydrogens (tertiary/aromatic N) is 3. The van der Waals surface area contributed by atoms with Gasteiger partial charge in [0.2, 0.25) is 0 Å². The number of benzene rings is 1. The molecule has 0 unspecified atom stereocenters. The summed E-state index contributed by atoms with van der Waals surface area (Å²) in [6.07, 6.45) is 2.28. The number of hydrogen-bond acceptors (Lipinski definition) is 6. The van der Waals surface area contributed by atoms with Crippen LogP contribution in [0.25, 0.3) is 10.9 Å². The van der Waals surface area contributed by atoms with Crippen molar-refractivity contribution in [2.75, 3.05) is 13.7 Å². The van der Waals surface area contributed by atoms with Crippen molar-refractivity contribution >= 4 is 28.5 Å². The monoisotopic (exact) mass is 398 g/mol. The topological polar surface area (TPSA) is 119 Å². The third-order valence-corrected chi connectivity index (χ3v) is 4.63. The first-order valence-corrected chi connectivity index (χ1v) is 9.44. The minimum atomic E-state index is -0.955. The number of carbonyl (C=O) groups excluding carboxylic acids is 2. The fraction of sp³-hybridized carbons (Fsp3) is 0.429. The lowest BCUT2D eigenvalue weighted by Crippen LogP contribution is -2.50. The second-order valence-corrected chi connectivity index (χ2v) is 7.15. The highest BCUT2D eigenvalue weighted by Crippen LogP contribution is 2.22. The maximum absolute atomic E-state index is 13.1. The van der Waals surface area contributed by atoms with Crippen LogP contribution < -0.4 is 0 Å². The SMILES string of the molecule is COC(=O)[C@H](Cc1c[nH]c2ccccc12)N(CCC#N)C(=O)C(CC(C)C)=NO. The molecule has 0 saturated heterocycles. The molecule has 1 aromatic heterocycles. The molecule has 0 saturated carbocycles. The summed E-state index contributed by atoms with van der Waals surface area (Å²) < 4.78 is 4.95. The number of rotatable bonds is 9. The van der Waals surface area contributed by atoms with Gasteiger partial charge in [-0.15, -0.1) is 0 Å². The number of carbonyl (C=O) groups is 2. The van der Waals surface area contributed by atoms with Crippen LogP contribution in [0.5, 0.6) is 0 Å². The fourth-order valence-electron chi connectivity index (χ4n) is 3.26. The molecule has 1 heterocycles. The third-order valence-electron chi connectivity index (χ3n) is 4.63. The predicted octanol–water partition coefficient (Wildman–Crippen LogP) is 2.87. The molecule has 29 heavy (non-hydrogen) atoms. The standard InChI is InChI=1S/C21H26N4O4/c1-14(2)11-18(24-28)20(26)25(10-6-9-22)19(21(27)29-3)12-15-13-23-17-8-5-4-7-16(15)17/h4-5,7-8,13-14,19,23,28H,6,10-12H2,1-3H3/t19-/m0/s1. The van der Waals surface area contributed by atoms with Crippen molar-refractivity contribution in [2.24, 2.45) is 11.1 Å².